The molecule has 5 heteroatoms. The minimum atomic E-state index is -0.124. The van der Waals surface area contributed by atoms with Crippen LogP contribution in [0.1, 0.15) is 19.3 Å². The summed E-state index contributed by atoms with van der Waals surface area (Å²) >= 11 is 0. The molecule has 0 aromatic heterocycles. The van der Waals surface area contributed by atoms with Gasteiger partial charge in [-0.25, -0.2) is 0 Å². The van der Waals surface area contributed by atoms with Crippen molar-refractivity contribution in [2.45, 2.75) is 19.3 Å². The van der Waals surface area contributed by atoms with Gasteiger partial charge < -0.3 is 4.74 Å². The van der Waals surface area contributed by atoms with Crippen LogP contribution in [0.3, 0.4) is 0 Å². The smallest absolute Gasteiger partial charge is 0.230 e. The number of hydrogen-bond donors (Lipinski definition) is 1. The first-order chi connectivity index (χ1) is 7.75. The maximum Gasteiger partial charge on any atom is 0.230 e. The first-order valence-electron chi connectivity index (χ1n) is 5.89. The standard InChI is InChI=1S/C11H18N2O3/c14-10-8-9(11(15)12-10)2-1-3-13-4-6-16-7-5-13/h9H,1-8H2,(H,12,14,15). The molecule has 1 atom stereocenters. The Bertz CT molecular complexity index is 274. The first kappa shape index (κ1) is 11.5. The highest BCUT2D eigenvalue weighted by Gasteiger charge is 2.29. The van der Waals surface area contributed by atoms with Gasteiger partial charge in [0.05, 0.1) is 13.2 Å². The number of carbonyl (C=O) groups is 2. The molecule has 90 valence electrons. The molecule has 2 aliphatic heterocycles. The van der Waals surface area contributed by atoms with Crippen molar-refractivity contribution >= 4 is 11.8 Å². The summed E-state index contributed by atoms with van der Waals surface area (Å²) in [4.78, 5) is 24.6. The minimum absolute atomic E-state index is 0.0893. The number of nitrogens with one attached hydrogen (secondary N) is 1. The molecule has 0 aromatic rings. The molecule has 2 amide bonds. The van der Waals surface area contributed by atoms with E-state index in [1.165, 1.54) is 0 Å². The van der Waals surface area contributed by atoms with Gasteiger partial charge in [0, 0.05) is 25.4 Å². The molecular weight excluding hydrogens is 208 g/mol. The summed E-state index contributed by atoms with van der Waals surface area (Å²) in [6.45, 7) is 4.58. The van der Waals surface area contributed by atoms with E-state index in [1.54, 1.807) is 0 Å². The third-order valence-corrected chi connectivity index (χ3v) is 3.20. The van der Waals surface area contributed by atoms with Crippen molar-refractivity contribution in [3.8, 4) is 0 Å². The average Bonchev–Trinajstić information content (AvgIpc) is 2.59. The molecule has 1 N–H and O–H groups in total. The van der Waals surface area contributed by atoms with Gasteiger partial charge in [-0.05, 0) is 19.4 Å². The summed E-state index contributed by atoms with van der Waals surface area (Å²) in [5.74, 6) is -0.304. The maximum absolute atomic E-state index is 11.3. The Kier molecular flexibility index (Phi) is 3.90. The normalized spacial score (nSPS) is 27.1. The molecule has 2 rings (SSSR count). The summed E-state index contributed by atoms with van der Waals surface area (Å²) in [5.41, 5.74) is 0. The molecule has 16 heavy (non-hydrogen) atoms. The van der Waals surface area contributed by atoms with Gasteiger partial charge in [-0.3, -0.25) is 19.8 Å². The van der Waals surface area contributed by atoms with Crippen molar-refractivity contribution in [2.75, 3.05) is 32.8 Å². The second-order valence-corrected chi connectivity index (χ2v) is 4.41. The second kappa shape index (κ2) is 5.41. The lowest BCUT2D eigenvalue weighted by atomic mass is 10.0. The zero-order chi connectivity index (χ0) is 11.4. The van der Waals surface area contributed by atoms with Gasteiger partial charge in [0.1, 0.15) is 0 Å². The Morgan fingerprint density at radius 1 is 1.31 bits per heavy atom. The van der Waals surface area contributed by atoms with Crippen LogP contribution in [0.15, 0.2) is 0 Å². The third kappa shape index (κ3) is 3.02. The summed E-state index contributed by atoms with van der Waals surface area (Å²) in [7, 11) is 0. The Balaban J connectivity index is 1.64. The number of ether oxygens (including phenoxy) is 1. The van der Waals surface area contributed by atoms with Crippen LogP contribution in [0.5, 0.6) is 0 Å². The van der Waals surface area contributed by atoms with Gasteiger partial charge in [-0.15, -0.1) is 0 Å². The van der Waals surface area contributed by atoms with E-state index in [2.05, 4.69) is 10.2 Å². The van der Waals surface area contributed by atoms with E-state index in [1.807, 2.05) is 0 Å². The molecule has 2 saturated heterocycles. The van der Waals surface area contributed by atoms with Crippen molar-refractivity contribution in [1.29, 1.82) is 0 Å². The van der Waals surface area contributed by atoms with Gasteiger partial charge in [-0.2, -0.15) is 0 Å². The molecule has 0 bridgehead atoms. The van der Waals surface area contributed by atoms with Crippen molar-refractivity contribution in [1.82, 2.24) is 10.2 Å². The lowest BCUT2D eigenvalue weighted by Crippen LogP contribution is -2.37. The summed E-state index contributed by atoms with van der Waals surface area (Å²) in [5, 5.41) is 2.34. The van der Waals surface area contributed by atoms with Crippen LogP contribution in [0, 0.1) is 5.92 Å². The van der Waals surface area contributed by atoms with E-state index >= 15 is 0 Å². The van der Waals surface area contributed by atoms with Crippen LogP contribution >= 0.6 is 0 Å². The van der Waals surface area contributed by atoms with Gasteiger partial charge >= 0.3 is 0 Å². The molecule has 5 nitrogen and oxygen atoms in total. The van der Waals surface area contributed by atoms with Gasteiger partial charge in [0.2, 0.25) is 11.8 Å². The number of hydrogen-bond acceptors (Lipinski definition) is 4. The molecule has 0 aromatic carbocycles. The predicted molar refractivity (Wildman–Crippen MR) is 57.7 cm³/mol. The number of nitrogens with zero attached hydrogens (tertiary/aromatic N) is 1. The molecular formula is C11H18N2O3. The van der Waals surface area contributed by atoms with Crippen molar-refractivity contribution in [2.24, 2.45) is 5.92 Å². The SMILES string of the molecule is O=C1CC(CCCN2CCOCC2)C(=O)N1. The molecule has 0 saturated carbocycles. The van der Waals surface area contributed by atoms with Gasteiger partial charge in [0.15, 0.2) is 0 Å². The number of morpholine rings is 1. The Morgan fingerprint density at radius 3 is 2.69 bits per heavy atom. The van der Waals surface area contributed by atoms with E-state index < -0.39 is 0 Å². The highest BCUT2D eigenvalue weighted by Crippen LogP contribution is 2.17. The van der Waals surface area contributed by atoms with Crippen LogP contribution < -0.4 is 5.32 Å². The zero-order valence-corrected chi connectivity index (χ0v) is 9.41. The number of imide groups is 1. The quantitative estimate of drug-likeness (QED) is 0.672. The second-order valence-electron chi connectivity index (χ2n) is 4.41. The summed E-state index contributed by atoms with van der Waals surface area (Å²) in [6.07, 6.45) is 2.17. The van der Waals surface area contributed by atoms with E-state index in [4.69, 9.17) is 4.74 Å². The van der Waals surface area contributed by atoms with Crippen molar-refractivity contribution in [3.05, 3.63) is 0 Å². The molecule has 0 spiro atoms. The van der Waals surface area contributed by atoms with Crippen LogP contribution in [0.2, 0.25) is 0 Å². The summed E-state index contributed by atoms with van der Waals surface area (Å²) < 4.78 is 5.26. The predicted octanol–water partition coefficient (Wildman–Crippen LogP) is -0.238. The fourth-order valence-corrected chi connectivity index (χ4v) is 2.23. The zero-order valence-electron chi connectivity index (χ0n) is 9.41. The molecule has 1 unspecified atom stereocenters. The lowest BCUT2D eigenvalue weighted by molar-refractivity contribution is -0.125. The average molecular weight is 226 g/mol. The molecule has 0 aliphatic carbocycles. The van der Waals surface area contributed by atoms with Gasteiger partial charge in [0.25, 0.3) is 0 Å². The molecule has 2 aliphatic rings. The summed E-state index contributed by atoms with van der Waals surface area (Å²) in [6, 6.07) is 0. The highest BCUT2D eigenvalue weighted by atomic mass is 16.5. The lowest BCUT2D eigenvalue weighted by Gasteiger charge is -2.26. The molecule has 0 radical (unpaired) electrons. The maximum atomic E-state index is 11.3. The number of rotatable bonds is 4. The largest absolute Gasteiger partial charge is 0.379 e. The Morgan fingerprint density at radius 2 is 2.06 bits per heavy atom. The topological polar surface area (TPSA) is 58.6 Å². The van der Waals surface area contributed by atoms with Gasteiger partial charge in [-0.1, -0.05) is 0 Å². The van der Waals surface area contributed by atoms with Crippen LogP contribution in [-0.4, -0.2) is 49.6 Å². The third-order valence-electron chi connectivity index (χ3n) is 3.20. The molecule has 2 fully saturated rings. The fourth-order valence-electron chi connectivity index (χ4n) is 2.23. The Hall–Kier alpha value is -0.940. The van der Waals surface area contributed by atoms with E-state index in [-0.39, 0.29) is 17.7 Å². The van der Waals surface area contributed by atoms with Crippen molar-refractivity contribution in [3.63, 3.8) is 0 Å². The minimum Gasteiger partial charge on any atom is -0.379 e. The Labute approximate surface area is 95.1 Å². The van der Waals surface area contributed by atoms with E-state index in [9.17, 15) is 9.59 Å². The fraction of sp³-hybridized carbons (Fsp3) is 0.818. The monoisotopic (exact) mass is 226 g/mol. The highest BCUT2D eigenvalue weighted by molar-refractivity contribution is 6.03. The van der Waals surface area contributed by atoms with E-state index in [0.717, 1.165) is 45.7 Å². The van der Waals surface area contributed by atoms with Crippen LogP contribution in [-0.2, 0) is 14.3 Å². The van der Waals surface area contributed by atoms with E-state index in [0.29, 0.717) is 6.42 Å². The van der Waals surface area contributed by atoms with Crippen LogP contribution in [0.4, 0.5) is 0 Å². The van der Waals surface area contributed by atoms with Crippen LogP contribution in [0.25, 0.3) is 0 Å². The number of carbonyl (C=O) groups excluding carboxylic acids is 2. The number of amides is 2. The first-order valence-corrected chi connectivity index (χ1v) is 5.89. The van der Waals surface area contributed by atoms with Crippen molar-refractivity contribution < 1.29 is 14.3 Å². The molecule has 2 heterocycles.